The van der Waals surface area contributed by atoms with Gasteiger partial charge in [0, 0.05) is 16.5 Å². The van der Waals surface area contributed by atoms with E-state index in [0.29, 0.717) is 18.1 Å². The lowest BCUT2D eigenvalue weighted by Crippen LogP contribution is -2.42. The van der Waals surface area contributed by atoms with Gasteiger partial charge in [-0.15, -0.1) is 0 Å². The molecule has 0 aliphatic carbocycles. The Morgan fingerprint density at radius 3 is 2.48 bits per heavy atom. The van der Waals surface area contributed by atoms with Gasteiger partial charge in [0.25, 0.3) is 0 Å². The van der Waals surface area contributed by atoms with E-state index in [1.807, 2.05) is 80.6 Å². The van der Waals surface area contributed by atoms with Crippen LogP contribution in [-0.2, 0) is 11.5 Å². The number of nitrogens with zero attached hydrogens (tertiary/aromatic N) is 1. The summed E-state index contributed by atoms with van der Waals surface area (Å²) in [5.41, 5.74) is 2.93. The molecule has 3 aromatic rings. The van der Waals surface area contributed by atoms with Gasteiger partial charge in [-0.2, -0.15) is 0 Å². The molecule has 0 spiro atoms. The van der Waals surface area contributed by atoms with E-state index >= 15 is 0 Å². The fourth-order valence-electron chi connectivity index (χ4n) is 3.77. The van der Waals surface area contributed by atoms with Gasteiger partial charge in [0.2, 0.25) is 0 Å². The zero-order chi connectivity index (χ0) is 20.4. The highest BCUT2D eigenvalue weighted by molar-refractivity contribution is 8.00. The summed E-state index contributed by atoms with van der Waals surface area (Å²) in [7, 11) is 1.62. The Hall–Kier alpha value is -2.47. The van der Waals surface area contributed by atoms with E-state index in [9.17, 15) is 5.21 Å². The smallest absolute Gasteiger partial charge is 0.167 e. The molecule has 4 rings (SSSR count). The van der Waals surface area contributed by atoms with Gasteiger partial charge in [-0.05, 0) is 37.1 Å². The summed E-state index contributed by atoms with van der Waals surface area (Å²) >= 11 is 1.56. The third-order valence-electron chi connectivity index (χ3n) is 5.37. The number of fused-ring (bicyclic) bond motifs is 1. The van der Waals surface area contributed by atoms with Gasteiger partial charge < -0.3 is 19.7 Å². The van der Waals surface area contributed by atoms with E-state index in [1.165, 1.54) is 5.06 Å². The summed E-state index contributed by atoms with van der Waals surface area (Å²) in [5.74, 6) is 1.24. The first kappa shape index (κ1) is 19.8. The van der Waals surface area contributed by atoms with Crippen molar-refractivity contribution in [1.29, 1.82) is 0 Å². The molecule has 1 heterocycles. The van der Waals surface area contributed by atoms with Crippen molar-refractivity contribution in [1.82, 2.24) is 5.06 Å². The summed E-state index contributed by atoms with van der Waals surface area (Å²) in [6.07, 6.45) is 0. The molecule has 0 radical (unpaired) electrons. The van der Waals surface area contributed by atoms with Crippen LogP contribution in [0.1, 0.15) is 36.6 Å². The molecular formula is C24H24NO3S-. The van der Waals surface area contributed by atoms with E-state index in [0.717, 1.165) is 21.6 Å². The van der Waals surface area contributed by atoms with Crippen LogP contribution in [0, 0.1) is 5.21 Å². The average molecular weight is 407 g/mol. The number of methoxy groups -OCH3 is 1. The molecule has 4 nitrogen and oxygen atoms in total. The van der Waals surface area contributed by atoms with Crippen molar-refractivity contribution in [3.8, 4) is 11.5 Å². The van der Waals surface area contributed by atoms with Crippen LogP contribution in [0.3, 0.4) is 0 Å². The molecule has 0 saturated heterocycles. The number of rotatable bonds is 5. The van der Waals surface area contributed by atoms with Crippen LogP contribution in [-0.4, -0.2) is 12.2 Å². The maximum absolute atomic E-state index is 13.4. The zero-order valence-electron chi connectivity index (χ0n) is 16.8. The summed E-state index contributed by atoms with van der Waals surface area (Å²) in [6.45, 7) is 4.32. The first-order valence-electron chi connectivity index (χ1n) is 9.63. The largest absolute Gasteiger partial charge is 0.784 e. The lowest BCUT2D eigenvalue weighted by molar-refractivity contribution is 0.185. The Kier molecular flexibility index (Phi) is 5.54. The van der Waals surface area contributed by atoms with Gasteiger partial charge >= 0.3 is 0 Å². The predicted molar refractivity (Wildman–Crippen MR) is 117 cm³/mol. The highest BCUT2D eigenvalue weighted by Crippen LogP contribution is 2.56. The van der Waals surface area contributed by atoms with Crippen LogP contribution in [0.15, 0.2) is 77.7 Å². The standard InChI is InChI=1S/C24H24NO3S/c1-17-19-12-7-8-15-22(19)29-24(2,25(17)26)20-13-9-14-21(27-3)23(20)28-16-18-10-5-4-6-11-18/h4-15,17H,16H2,1-3H3/q-1. The molecule has 2 unspecified atom stereocenters. The van der Waals surface area contributed by atoms with Crippen molar-refractivity contribution >= 4 is 11.8 Å². The van der Waals surface area contributed by atoms with E-state index < -0.39 is 4.87 Å². The molecule has 0 bridgehead atoms. The Balaban J connectivity index is 1.76. The third-order valence-corrected chi connectivity index (χ3v) is 6.76. The molecule has 3 aromatic carbocycles. The van der Waals surface area contributed by atoms with Gasteiger partial charge in [-0.3, -0.25) is 0 Å². The first-order chi connectivity index (χ1) is 14.0. The normalized spacial score (nSPS) is 21.4. The zero-order valence-corrected chi connectivity index (χ0v) is 17.6. The van der Waals surface area contributed by atoms with Crippen molar-refractivity contribution in [2.45, 2.75) is 36.3 Å². The number of hydrogen-bond donors (Lipinski definition) is 0. The van der Waals surface area contributed by atoms with E-state index in [1.54, 1.807) is 18.9 Å². The molecule has 1 aliphatic rings. The lowest BCUT2D eigenvalue weighted by Gasteiger charge is -2.53. The van der Waals surface area contributed by atoms with Crippen LogP contribution >= 0.6 is 11.8 Å². The van der Waals surface area contributed by atoms with Crippen LogP contribution < -0.4 is 9.47 Å². The number of hydrogen-bond acceptors (Lipinski definition) is 5. The minimum atomic E-state index is -0.839. The number of para-hydroxylation sites is 1. The van der Waals surface area contributed by atoms with Crippen LogP contribution in [0.5, 0.6) is 11.5 Å². The second kappa shape index (κ2) is 8.11. The molecule has 0 N–H and O–H groups in total. The summed E-state index contributed by atoms with van der Waals surface area (Å²) < 4.78 is 11.8. The molecule has 0 amide bonds. The van der Waals surface area contributed by atoms with Crippen molar-refractivity contribution in [2.24, 2.45) is 0 Å². The number of benzene rings is 3. The van der Waals surface area contributed by atoms with Crippen molar-refractivity contribution in [3.05, 3.63) is 94.7 Å². The summed E-state index contributed by atoms with van der Waals surface area (Å²) in [4.78, 5) is 0.278. The number of ether oxygens (including phenoxy) is 2. The quantitative estimate of drug-likeness (QED) is 0.511. The second-order valence-electron chi connectivity index (χ2n) is 7.24. The minimum Gasteiger partial charge on any atom is -0.784 e. The molecule has 29 heavy (non-hydrogen) atoms. The van der Waals surface area contributed by atoms with Crippen LogP contribution in [0.2, 0.25) is 0 Å². The Morgan fingerprint density at radius 1 is 1.00 bits per heavy atom. The van der Waals surface area contributed by atoms with E-state index in [2.05, 4.69) is 6.07 Å². The van der Waals surface area contributed by atoms with Crippen molar-refractivity contribution < 1.29 is 9.47 Å². The van der Waals surface area contributed by atoms with Gasteiger partial charge in [-0.1, -0.05) is 72.4 Å². The molecular weight excluding hydrogens is 382 g/mol. The van der Waals surface area contributed by atoms with E-state index in [-0.39, 0.29) is 6.04 Å². The second-order valence-corrected chi connectivity index (χ2v) is 8.67. The molecule has 0 aromatic heterocycles. The molecule has 1 aliphatic heterocycles. The van der Waals surface area contributed by atoms with Gasteiger partial charge in [-0.25, -0.2) is 0 Å². The fraction of sp³-hybridized carbons (Fsp3) is 0.250. The van der Waals surface area contributed by atoms with Gasteiger partial charge in [0.1, 0.15) is 6.61 Å². The molecule has 150 valence electrons. The summed E-state index contributed by atoms with van der Waals surface area (Å²) in [5, 5.41) is 14.6. The Labute approximate surface area is 176 Å². The molecule has 0 saturated carbocycles. The molecule has 5 heteroatoms. The predicted octanol–water partition coefficient (Wildman–Crippen LogP) is 6.11. The summed E-state index contributed by atoms with van der Waals surface area (Å²) in [6, 6.07) is 23.6. The average Bonchev–Trinajstić information content (AvgIpc) is 2.76. The Morgan fingerprint density at radius 2 is 1.72 bits per heavy atom. The highest BCUT2D eigenvalue weighted by atomic mass is 32.2. The van der Waals surface area contributed by atoms with Crippen molar-refractivity contribution in [3.63, 3.8) is 0 Å². The maximum atomic E-state index is 13.4. The Bertz CT molecular complexity index is 994. The highest BCUT2D eigenvalue weighted by Gasteiger charge is 2.40. The van der Waals surface area contributed by atoms with Gasteiger partial charge in [0.15, 0.2) is 11.5 Å². The first-order valence-corrected chi connectivity index (χ1v) is 10.4. The SMILES string of the molecule is COc1cccc(C2(C)Sc3ccccc3C(C)N2[O-])c1OCc1ccccc1. The fourth-order valence-corrected chi connectivity index (χ4v) is 5.22. The topological polar surface area (TPSA) is 44.8 Å². The third kappa shape index (κ3) is 3.62. The minimum absolute atomic E-state index is 0.259. The van der Waals surface area contributed by atoms with Gasteiger partial charge in [0.05, 0.1) is 12.0 Å². The van der Waals surface area contributed by atoms with E-state index in [4.69, 9.17) is 9.47 Å². The monoisotopic (exact) mass is 406 g/mol. The number of hydroxylamine groups is 2. The van der Waals surface area contributed by atoms with Crippen LogP contribution in [0.4, 0.5) is 0 Å². The lowest BCUT2D eigenvalue weighted by atomic mass is 10.0. The van der Waals surface area contributed by atoms with Crippen LogP contribution in [0.25, 0.3) is 0 Å². The van der Waals surface area contributed by atoms with Crippen molar-refractivity contribution in [2.75, 3.05) is 7.11 Å². The molecule has 2 atom stereocenters. The number of thioether (sulfide) groups is 1. The maximum Gasteiger partial charge on any atom is 0.167 e. The molecule has 0 fully saturated rings.